The number of nitrogens with one attached hydrogen (secondary N) is 1. The van der Waals surface area contributed by atoms with Crippen LogP contribution in [0.1, 0.15) is 45.4 Å². The summed E-state index contributed by atoms with van der Waals surface area (Å²) in [5.74, 6) is -0.941. The van der Waals surface area contributed by atoms with Crippen molar-refractivity contribution in [2.75, 3.05) is 13.1 Å². The topological polar surface area (TPSA) is 69.6 Å². The second-order valence-electron chi connectivity index (χ2n) is 5.93. The van der Waals surface area contributed by atoms with Crippen molar-refractivity contribution in [1.29, 1.82) is 0 Å². The molecule has 18 heavy (non-hydrogen) atoms. The molecule has 0 aromatic heterocycles. The first kappa shape index (κ1) is 13.2. The van der Waals surface area contributed by atoms with Gasteiger partial charge >= 0.3 is 12.0 Å². The molecule has 2 aliphatic carbocycles. The molecule has 0 bridgehead atoms. The first-order valence-electron chi connectivity index (χ1n) is 6.76. The lowest BCUT2D eigenvalue weighted by atomic mass is 9.89. The maximum atomic E-state index is 12.0. The molecular weight excluding hydrogens is 232 g/mol. The first-order chi connectivity index (χ1) is 8.50. The van der Waals surface area contributed by atoms with Crippen molar-refractivity contribution in [2.24, 2.45) is 5.41 Å². The van der Waals surface area contributed by atoms with Gasteiger partial charge in [0.2, 0.25) is 0 Å². The average molecular weight is 254 g/mol. The summed E-state index contributed by atoms with van der Waals surface area (Å²) in [6.07, 6.45) is 6.61. The minimum atomic E-state index is -0.941. The number of aliphatic carboxylic acids is 1. The van der Waals surface area contributed by atoms with Crippen molar-refractivity contribution in [3.63, 3.8) is 0 Å². The zero-order valence-corrected chi connectivity index (χ0v) is 10.9. The van der Waals surface area contributed by atoms with Gasteiger partial charge in [-0.3, -0.25) is 4.79 Å². The predicted octanol–water partition coefficient (Wildman–Crippen LogP) is 1.83. The highest BCUT2D eigenvalue weighted by molar-refractivity contribution is 5.80. The third kappa shape index (κ3) is 3.37. The molecule has 0 aromatic carbocycles. The van der Waals surface area contributed by atoms with E-state index in [1.807, 2.05) is 0 Å². The molecule has 0 aliphatic heterocycles. The van der Waals surface area contributed by atoms with Crippen molar-refractivity contribution in [1.82, 2.24) is 10.2 Å². The fourth-order valence-electron chi connectivity index (χ4n) is 2.69. The quantitative estimate of drug-likeness (QED) is 0.786. The zero-order valence-electron chi connectivity index (χ0n) is 10.9. The van der Waals surface area contributed by atoms with Crippen LogP contribution in [0.5, 0.6) is 0 Å². The minimum absolute atomic E-state index is 0.137. The summed E-state index contributed by atoms with van der Waals surface area (Å²) >= 11 is 0. The number of rotatable bonds is 5. The summed E-state index contributed by atoms with van der Waals surface area (Å²) in [7, 11) is 0. The Morgan fingerprint density at radius 3 is 2.44 bits per heavy atom. The van der Waals surface area contributed by atoms with Crippen LogP contribution in [0.4, 0.5) is 4.79 Å². The standard InChI is InChI=1S/C13H22N2O3/c1-13(6-2-3-7-13)9-14-12(18)15(8-11(16)17)10-4-5-10/h10H,2-9H2,1H3,(H,14,18)(H,16,17). The number of carbonyl (C=O) groups is 2. The van der Waals surface area contributed by atoms with Gasteiger partial charge in [-0.25, -0.2) is 4.79 Å². The van der Waals surface area contributed by atoms with Gasteiger partial charge in [0.25, 0.3) is 0 Å². The lowest BCUT2D eigenvalue weighted by molar-refractivity contribution is -0.137. The summed E-state index contributed by atoms with van der Waals surface area (Å²) in [5.41, 5.74) is 0.202. The van der Waals surface area contributed by atoms with E-state index in [1.165, 1.54) is 17.7 Å². The summed E-state index contributed by atoms with van der Waals surface area (Å²) < 4.78 is 0. The number of carbonyl (C=O) groups excluding carboxylic acids is 1. The van der Waals surface area contributed by atoms with Crippen molar-refractivity contribution in [3.8, 4) is 0 Å². The van der Waals surface area contributed by atoms with Gasteiger partial charge < -0.3 is 15.3 Å². The van der Waals surface area contributed by atoms with E-state index in [-0.39, 0.29) is 24.0 Å². The molecule has 5 nitrogen and oxygen atoms in total. The van der Waals surface area contributed by atoms with Gasteiger partial charge in [0.15, 0.2) is 0 Å². The highest BCUT2D eigenvalue weighted by Crippen LogP contribution is 2.36. The monoisotopic (exact) mass is 254 g/mol. The molecule has 0 unspecified atom stereocenters. The Hall–Kier alpha value is -1.26. The van der Waals surface area contributed by atoms with E-state index < -0.39 is 5.97 Å². The van der Waals surface area contributed by atoms with Crippen LogP contribution in [-0.2, 0) is 4.79 Å². The Labute approximate surface area is 108 Å². The van der Waals surface area contributed by atoms with E-state index in [4.69, 9.17) is 5.11 Å². The van der Waals surface area contributed by atoms with Crippen LogP contribution in [0.3, 0.4) is 0 Å². The number of hydrogen-bond acceptors (Lipinski definition) is 2. The van der Waals surface area contributed by atoms with Crippen LogP contribution in [0.2, 0.25) is 0 Å². The van der Waals surface area contributed by atoms with Crippen LogP contribution >= 0.6 is 0 Å². The van der Waals surface area contributed by atoms with Gasteiger partial charge in [0.05, 0.1) is 0 Å². The van der Waals surface area contributed by atoms with E-state index in [0.29, 0.717) is 6.54 Å². The molecular formula is C13H22N2O3. The van der Waals surface area contributed by atoms with Crippen LogP contribution in [-0.4, -0.2) is 41.1 Å². The van der Waals surface area contributed by atoms with Crippen molar-refractivity contribution < 1.29 is 14.7 Å². The number of nitrogens with zero attached hydrogens (tertiary/aromatic N) is 1. The molecule has 2 amide bonds. The third-order valence-electron chi connectivity index (χ3n) is 4.03. The number of amides is 2. The summed E-state index contributed by atoms with van der Waals surface area (Å²) in [6.45, 7) is 2.67. The Morgan fingerprint density at radius 1 is 1.33 bits per heavy atom. The number of hydrogen-bond donors (Lipinski definition) is 2. The molecule has 2 N–H and O–H groups in total. The minimum Gasteiger partial charge on any atom is -0.480 e. The zero-order chi connectivity index (χ0) is 13.2. The van der Waals surface area contributed by atoms with Gasteiger partial charge in [0.1, 0.15) is 6.54 Å². The maximum Gasteiger partial charge on any atom is 0.323 e. The maximum absolute atomic E-state index is 12.0. The van der Waals surface area contributed by atoms with Gasteiger partial charge in [-0.05, 0) is 31.1 Å². The van der Waals surface area contributed by atoms with E-state index in [9.17, 15) is 9.59 Å². The van der Waals surface area contributed by atoms with Gasteiger partial charge in [-0.2, -0.15) is 0 Å². The molecule has 0 saturated heterocycles. The molecule has 2 aliphatic rings. The lowest BCUT2D eigenvalue weighted by Gasteiger charge is -2.27. The molecule has 0 radical (unpaired) electrons. The van der Waals surface area contributed by atoms with Crippen LogP contribution < -0.4 is 5.32 Å². The number of urea groups is 1. The Morgan fingerprint density at radius 2 is 1.94 bits per heavy atom. The summed E-state index contributed by atoms with van der Waals surface area (Å²) in [6, 6.07) is -0.0782. The molecule has 2 saturated carbocycles. The van der Waals surface area contributed by atoms with Gasteiger partial charge in [-0.15, -0.1) is 0 Å². The summed E-state index contributed by atoms with van der Waals surface area (Å²) in [4.78, 5) is 24.2. The largest absolute Gasteiger partial charge is 0.480 e. The van der Waals surface area contributed by atoms with E-state index >= 15 is 0 Å². The predicted molar refractivity (Wildman–Crippen MR) is 67.3 cm³/mol. The van der Waals surface area contributed by atoms with E-state index in [2.05, 4.69) is 12.2 Å². The highest BCUT2D eigenvalue weighted by atomic mass is 16.4. The first-order valence-corrected chi connectivity index (χ1v) is 6.76. The molecule has 0 spiro atoms. The van der Waals surface area contributed by atoms with Crippen LogP contribution in [0.25, 0.3) is 0 Å². The van der Waals surface area contributed by atoms with E-state index in [0.717, 1.165) is 25.7 Å². The normalized spacial score (nSPS) is 21.6. The van der Waals surface area contributed by atoms with Crippen molar-refractivity contribution in [3.05, 3.63) is 0 Å². The van der Waals surface area contributed by atoms with E-state index in [1.54, 1.807) is 0 Å². The van der Waals surface area contributed by atoms with Crippen LogP contribution in [0, 0.1) is 5.41 Å². The molecule has 2 fully saturated rings. The third-order valence-corrected chi connectivity index (χ3v) is 4.03. The van der Waals surface area contributed by atoms with Crippen molar-refractivity contribution >= 4 is 12.0 Å². The fourth-order valence-corrected chi connectivity index (χ4v) is 2.69. The molecule has 0 aromatic rings. The second-order valence-corrected chi connectivity index (χ2v) is 5.93. The van der Waals surface area contributed by atoms with Gasteiger partial charge in [0, 0.05) is 12.6 Å². The number of carboxylic acids is 1. The van der Waals surface area contributed by atoms with Crippen LogP contribution in [0.15, 0.2) is 0 Å². The molecule has 102 valence electrons. The lowest BCUT2D eigenvalue weighted by Crippen LogP contribution is -2.46. The Bertz CT molecular complexity index is 333. The van der Waals surface area contributed by atoms with Gasteiger partial charge in [-0.1, -0.05) is 19.8 Å². The molecule has 5 heteroatoms. The fraction of sp³-hybridized carbons (Fsp3) is 0.846. The SMILES string of the molecule is CC1(CNC(=O)N(CC(=O)O)C2CC2)CCCC1. The smallest absolute Gasteiger partial charge is 0.323 e. The summed E-state index contributed by atoms with van der Waals surface area (Å²) in [5, 5.41) is 11.7. The highest BCUT2D eigenvalue weighted by Gasteiger charge is 2.35. The molecule has 2 rings (SSSR count). The second kappa shape index (κ2) is 5.16. The Balaban J connectivity index is 1.83. The van der Waals surface area contributed by atoms with Crippen molar-refractivity contribution in [2.45, 2.75) is 51.5 Å². The molecule has 0 atom stereocenters. The number of carboxylic acid groups (broad SMARTS) is 1. The average Bonchev–Trinajstić information content (AvgIpc) is 3.06. The Kier molecular flexibility index (Phi) is 3.78. The molecule has 0 heterocycles.